The van der Waals surface area contributed by atoms with E-state index in [4.69, 9.17) is 0 Å². The minimum Gasteiger partial charge on any atom is -0.393 e. The molecule has 1 heterocycles. The van der Waals surface area contributed by atoms with Gasteiger partial charge in [-0.3, -0.25) is 0 Å². The van der Waals surface area contributed by atoms with Crippen molar-refractivity contribution in [2.75, 3.05) is 19.6 Å². The molecule has 1 aliphatic heterocycles. The van der Waals surface area contributed by atoms with Crippen LogP contribution in [0, 0.1) is 5.92 Å². The number of aliphatic hydroxyl groups excluding tert-OH is 1. The number of hydrogen-bond donors (Lipinski definition) is 1. The largest absolute Gasteiger partial charge is 0.393 e. The lowest BCUT2D eigenvalue weighted by molar-refractivity contribution is 0.154. The second-order valence-electron chi connectivity index (χ2n) is 4.61. The first-order valence-electron chi connectivity index (χ1n) is 6.59. The van der Waals surface area contributed by atoms with Gasteiger partial charge in [-0.15, -0.1) is 0 Å². The highest BCUT2D eigenvalue weighted by Crippen LogP contribution is 2.12. The third-order valence-corrected chi connectivity index (χ3v) is 2.81. The zero-order valence-electron chi connectivity index (χ0n) is 11.0. The van der Waals surface area contributed by atoms with Gasteiger partial charge in [0, 0.05) is 6.54 Å². The van der Waals surface area contributed by atoms with Crippen molar-refractivity contribution in [3.05, 3.63) is 0 Å². The average Bonchev–Trinajstić information content (AvgIpc) is 2.43. The molecule has 0 amide bonds. The second-order valence-corrected chi connectivity index (χ2v) is 4.61. The Morgan fingerprint density at radius 1 is 1.20 bits per heavy atom. The van der Waals surface area contributed by atoms with Gasteiger partial charge >= 0.3 is 0 Å². The van der Waals surface area contributed by atoms with E-state index in [0.717, 1.165) is 25.3 Å². The number of rotatable bonds is 3. The molecule has 0 aromatic heterocycles. The van der Waals surface area contributed by atoms with Crippen LogP contribution >= 0.6 is 0 Å². The second kappa shape index (κ2) is 9.17. The summed E-state index contributed by atoms with van der Waals surface area (Å²) in [4.78, 5) is 2.50. The van der Waals surface area contributed by atoms with E-state index in [1.165, 1.54) is 25.9 Å². The Kier molecular flexibility index (Phi) is 9.12. The summed E-state index contributed by atoms with van der Waals surface area (Å²) < 4.78 is 0. The van der Waals surface area contributed by atoms with E-state index >= 15 is 0 Å². The number of likely N-dealkylation sites (tertiary alicyclic amines) is 1. The number of hydrogen-bond acceptors (Lipinski definition) is 2. The Balaban J connectivity index is 0.000000921. The summed E-state index contributed by atoms with van der Waals surface area (Å²) in [5.74, 6) is 0.799. The van der Waals surface area contributed by atoms with Crippen LogP contribution in [-0.4, -0.2) is 35.7 Å². The summed E-state index contributed by atoms with van der Waals surface area (Å²) in [5, 5.41) is 9.46. The molecule has 2 nitrogen and oxygen atoms in total. The first-order valence-corrected chi connectivity index (χ1v) is 6.59. The molecule has 1 N–H and O–H groups in total. The molecular formula is C13H29NO. The Morgan fingerprint density at radius 3 is 2.47 bits per heavy atom. The summed E-state index contributed by atoms with van der Waals surface area (Å²) in [7, 11) is 0. The highest BCUT2D eigenvalue weighted by Gasteiger charge is 2.14. The maximum Gasteiger partial charge on any atom is 0.0553 e. The molecule has 1 rings (SSSR count). The first-order chi connectivity index (χ1) is 7.18. The van der Waals surface area contributed by atoms with Crippen LogP contribution in [0.1, 0.15) is 53.4 Å². The molecule has 0 bridgehead atoms. The lowest BCUT2D eigenvalue weighted by atomic mass is 10.1. The van der Waals surface area contributed by atoms with E-state index in [-0.39, 0.29) is 6.10 Å². The van der Waals surface area contributed by atoms with Gasteiger partial charge in [0.05, 0.1) is 6.10 Å². The number of nitrogens with zero attached hydrogens (tertiary/aromatic N) is 1. The average molecular weight is 215 g/mol. The van der Waals surface area contributed by atoms with E-state index in [9.17, 15) is 5.11 Å². The van der Waals surface area contributed by atoms with Crippen LogP contribution in [-0.2, 0) is 0 Å². The van der Waals surface area contributed by atoms with Crippen molar-refractivity contribution in [3.8, 4) is 0 Å². The van der Waals surface area contributed by atoms with E-state index in [0.29, 0.717) is 0 Å². The fourth-order valence-electron chi connectivity index (χ4n) is 1.80. The van der Waals surface area contributed by atoms with Gasteiger partial charge < -0.3 is 10.0 Å². The normalized spacial score (nSPS) is 23.2. The molecule has 0 aliphatic carbocycles. The van der Waals surface area contributed by atoms with Gasteiger partial charge in [0.15, 0.2) is 0 Å². The van der Waals surface area contributed by atoms with Crippen LogP contribution in [0.15, 0.2) is 0 Å². The van der Waals surface area contributed by atoms with E-state index in [2.05, 4.69) is 18.7 Å². The highest BCUT2D eigenvalue weighted by atomic mass is 16.3. The van der Waals surface area contributed by atoms with Crippen LogP contribution in [0.5, 0.6) is 0 Å². The van der Waals surface area contributed by atoms with Crippen molar-refractivity contribution in [1.29, 1.82) is 0 Å². The van der Waals surface area contributed by atoms with Gasteiger partial charge in [0.25, 0.3) is 0 Å². The maximum atomic E-state index is 9.46. The fraction of sp³-hybridized carbons (Fsp3) is 1.00. The van der Waals surface area contributed by atoms with Gasteiger partial charge in [-0.25, -0.2) is 0 Å². The Hall–Kier alpha value is -0.0800. The smallest absolute Gasteiger partial charge is 0.0553 e. The quantitative estimate of drug-likeness (QED) is 0.782. The molecule has 92 valence electrons. The molecule has 1 atom stereocenters. The third-order valence-electron chi connectivity index (χ3n) is 2.81. The Morgan fingerprint density at radius 2 is 1.87 bits per heavy atom. The molecule has 1 aliphatic rings. The Labute approximate surface area is 95.7 Å². The molecule has 1 unspecified atom stereocenters. The summed E-state index contributed by atoms with van der Waals surface area (Å²) in [6.45, 7) is 12.0. The molecule has 0 spiro atoms. The van der Waals surface area contributed by atoms with Gasteiger partial charge in [0.1, 0.15) is 0 Å². The van der Waals surface area contributed by atoms with Gasteiger partial charge in [-0.05, 0) is 44.7 Å². The molecule has 2 heteroatoms. The molecule has 15 heavy (non-hydrogen) atoms. The van der Waals surface area contributed by atoms with Gasteiger partial charge in [-0.1, -0.05) is 27.7 Å². The van der Waals surface area contributed by atoms with E-state index in [1.54, 1.807) is 0 Å². The monoisotopic (exact) mass is 215 g/mol. The molecule has 0 aromatic carbocycles. The SMILES string of the molecule is CC.CC(C)CCN1CCCC(O)CC1. The molecule has 1 saturated heterocycles. The fourth-order valence-corrected chi connectivity index (χ4v) is 1.80. The molecular weight excluding hydrogens is 186 g/mol. The zero-order valence-corrected chi connectivity index (χ0v) is 11.0. The summed E-state index contributed by atoms with van der Waals surface area (Å²) in [6.07, 6.45) is 4.38. The van der Waals surface area contributed by atoms with Gasteiger partial charge in [0.2, 0.25) is 0 Å². The highest BCUT2D eigenvalue weighted by molar-refractivity contribution is 4.69. The van der Waals surface area contributed by atoms with Gasteiger partial charge in [-0.2, -0.15) is 0 Å². The lowest BCUT2D eigenvalue weighted by Crippen LogP contribution is -2.27. The standard InChI is InChI=1S/C11H23NO.C2H6/c1-10(2)5-8-12-7-3-4-11(13)6-9-12;1-2/h10-11,13H,3-9H2,1-2H3;1-2H3. The molecule has 0 saturated carbocycles. The van der Waals surface area contributed by atoms with Crippen molar-refractivity contribution < 1.29 is 5.11 Å². The van der Waals surface area contributed by atoms with Crippen molar-refractivity contribution in [2.24, 2.45) is 5.92 Å². The predicted molar refractivity (Wildman–Crippen MR) is 67.1 cm³/mol. The zero-order chi connectivity index (χ0) is 11.7. The lowest BCUT2D eigenvalue weighted by Gasteiger charge is -2.20. The van der Waals surface area contributed by atoms with Crippen molar-refractivity contribution in [2.45, 2.75) is 59.5 Å². The van der Waals surface area contributed by atoms with Crippen LogP contribution in [0.4, 0.5) is 0 Å². The van der Waals surface area contributed by atoms with Crippen LogP contribution in [0.2, 0.25) is 0 Å². The predicted octanol–water partition coefficient (Wildman–Crippen LogP) is 2.91. The van der Waals surface area contributed by atoms with E-state index < -0.39 is 0 Å². The van der Waals surface area contributed by atoms with Crippen LogP contribution < -0.4 is 0 Å². The van der Waals surface area contributed by atoms with Crippen molar-refractivity contribution in [1.82, 2.24) is 4.90 Å². The molecule has 0 aromatic rings. The minimum absolute atomic E-state index is 0.0379. The number of aliphatic hydroxyl groups is 1. The van der Waals surface area contributed by atoms with E-state index in [1.807, 2.05) is 13.8 Å². The molecule has 1 fully saturated rings. The summed E-state index contributed by atoms with van der Waals surface area (Å²) in [5.41, 5.74) is 0. The third kappa shape index (κ3) is 7.80. The summed E-state index contributed by atoms with van der Waals surface area (Å²) in [6, 6.07) is 0. The van der Waals surface area contributed by atoms with Crippen LogP contribution in [0.25, 0.3) is 0 Å². The van der Waals surface area contributed by atoms with Crippen molar-refractivity contribution in [3.63, 3.8) is 0 Å². The first kappa shape index (κ1) is 14.9. The minimum atomic E-state index is -0.0379. The maximum absolute atomic E-state index is 9.46. The van der Waals surface area contributed by atoms with Crippen LogP contribution in [0.3, 0.4) is 0 Å². The van der Waals surface area contributed by atoms with Crippen molar-refractivity contribution >= 4 is 0 Å². The Bertz CT molecular complexity index is 136. The topological polar surface area (TPSA) is 23.5 Å². The summed E-state index contributed by atoms with van der Waals surface area (Å²) >= 11 is 0. The molecule has 0 radical (unpaired) electrons.